The highest BCUT2D eigenvalue weighted by atomic mass is 16.2. The Bertz CT molecular complexity index is 628. The monoisotopic (exact) mass is 308 g/mol. The number of benzene rings is 2. The molecule has 0 bridgehead atoms. The molecule has 4 heteroatoms. The summed E-state index contributed by atoms with van der Waals surface area (Å²) in [6, 6.07) is 18.1. The number of anilines is 2. The molecule has 0 aromatic heterocycles. The molecule has 2 amide bonds. The van der Waals surface area contributed by atoms with Crippen molar-refractivity contribution in [2.75, 3.05) is 10.6 Å². The van der Waals surface area contributed by atoms with Crippen molar-refractivity contribution in [3.63, 3.8) is 0 Å². The van der Waals surface area contributed by atoms with Crippen LogP contribution in [0.4, 0.5) is 11.4 Å². The molecule has 4 nitrogen and oxygen atoms in total. The van der Waals surface area contributed by atoms with Gasteiger partial charge >= 0.3 is 0 Å². The minimum Gasteiger partial charge on any atom is -0.325 e. The average molecular weight is 308 g/mol. The van der Waals surface area contributed by atoms with Gasteiger partial charge in [-0.2, -0.15) is 0 Å². The Morgan fingerprint density at radius 1 is 0.913 bits per heavy atom. The fourth-order valence-electron chi connectivity index (χ4n) is 2.16. The molecule has 0 aliphatic rings. The first-order valence-corrected chi connectivity index (χ1v) is 7.40. The van der Waals surface area contributed by atoms with Crippen molar-refractivity contribution < 1.29 is 9.59 Å². The first-order chi connectivity index (χ1) is 11.1. The molecule has 0 unspecified atom stereocenters. The van der Waals surface area contributed by atoms with Gasteiger partial charge in [-0.3, -0.25) is 9.59 Å². The lowest BCUT2D eigenvalue weighted by Gasteiger charge is -2.26. The molecule has 23 heavy (non-hydrogen) atoms. The van der Waals surface area contributed by atoms with Gasteiger partial charge in [0.25, 0.3) is 0 Å². The van der Waals surface area contributed by atoms with Crippen molar-refractivity contribution >= 4 is 23.2 Å². The Labute approximate surface area is 136 Å². The second kappa shape index (κ2) is 7.40. The van der Waals surface area contributed by atoms with Crippen LogP contribution in [-0.2, 0) is 9.59 Å². The fraction of sp³-hybridized carbons (Fsp3) is 0.158. The van der Waals surface area contributed by atoms with Gasteiger partial charge in [0, 0.05) is 11.4 Å². The van der Waals surface area contributed by atoms with E-state index >= 15 is 0 Å². The number of rotatable bonds is 6. The van der Waals surface area contributed by atoms with Gasteiger partial charge in [-0.05, 0) is 37.6 Å². The molecule has 2 N–H and O–H groups in total. The predicted octanol–water partition coefficient (Wildman–Crippen LogP) is 3.85. The summed E-state index contributed by atoms with van der Waals surface area (Å²) < 4.78 is 0. The van der Waals surface area contributed by atoms with Gasteiger partial charge in [-0.1, -0.05) is 42.5 Å². The Balaban J connectivity index is 2.18. The molecule has 118 valence electrons. The van der Waals surface area contributed by atoms with E-state index in [1.54, 1.807) is 37.3 Å². The summed E-state index contributed by atoms with van der Waals surface area (Å²) in [6.07, 6.45) is 1.82. The van der Waals surface area contributed by atoms with E-state index in [1.165, 1.54) is 0 Å². The number of allylic oxidation sites excluding steroid dienone is 1. The van der Waals surface area contributed by atoms with E-state index in [1.807, 2.05) is 36.4 Å². The molecule has 0 aliphatic heterocycles. The second-order valence-corrected chi connectivity index (χ2v) is 5.47. The molecule has 0 atom stereocenters. The van der Waals surface area contributed by atoms with Crippen LogP contribution in [0.15, 0.2) is 73.3 Å². The van der Waals surface area contributed by atoms with Crippen molar-refractivity contribution in [3.8, 4) is 0 Å². The van der Waals surface area contributed by atoms with E-state index in [4.69, 9.17) is 0 Å². The molecular formula is C19H20N2O2. The van der Waals surface area contributed by atoms with Crippen LogP contribution in [0.3, 0.4) is 0 Å². The molecule has 2 rings (SSSR count). The van der Waals surface area contributed by atoms with Crippen molar-refractivity contribution in [3.05, 3.63) is 73.3 Å². The number of hydrogen-bond acceptors (Lipinski definition) is 2. The maximum Gasteiger partial charge on any atom is 0.240 e. The third-order valence-electron chi connectivity index (χ3n) is 3.62. The highest BCUT2D eigenvalue weighted by molar-refractivity contribution is 6.14. The smallest absolute Gasteiger partial charge is 0.240 e. The van der Waals surface area contributed by atoms with Crippen molar-refractivity contribution in [1.29, 1.82) is 0 Å². The first-order valence-electron chi connectivity index (χ1n) is 7.40. The molecule has 0 saturated carbocycles. The third-order valence-corrected chi connectivity index (χ3v) is 3.62. The molecule has 0 spiro atoms. The van der Waals surface area contributed by atoms with Gasteiger partial charge in [0.15, 0.2) is 0 Å². The van der Waals surface area contributed by atoms with Crippen molar-refractivity contribution in [1.82, 2.24) is 0 Å². The number of amides is 2. The zero-order valence-corrected chi connectivity index (χ0v) is 13.1. The topological polar surface area (TPSA) is 58.2 Å². The lowest BCUT2D eigenvalue weighted by molar-refractivity contribution is -0.136. The molecular weight excluding hydrogens is 288 g/mol. The van der Waals surface area contributed by atoms with Crippen LogP contribution < -0.4 is 10.6 Å². The number of carbonyl (C=O) groups is 2. The summed E-state index contributed by atoms with van der Waals surface area (Å²) >= 11 is 0. The number of carbonyl (C=O) groups excluding carboxylic acids is 2. The van der Waals surface area contributed by atoms with Gasteiger partial charge in [-0.25, -0.2) is 0 Å². The molecule has 2 aromatic rings. The van der Waals surface area contributed by atoms with Gasteiger partial charge in [0.2, 0.25) is 11.8 Å². The quantitative estimate of drug-likeness (QED) is 0.629. The van der Waals surface area contributed by atoms with Crippen LogP contribution >= 0.6 is 0 Å². The summed E-state index contributed by atoms with van der Waals surface area (Å²) in [5.74, 6) is -0.728. The Morgan fingerprint density at radius 2 is 1.30 bits per heavy atom. The standard InChI is InChI=1S/C19H20N2O2/c1-3-14-19(2,17(22)20-15-10-6-4-7-11-15)18(23)21-16-12-8-5-9-13-16/h3-13H,1,14H2,2H3,(H,20,22)(H,21,23). The van der Waals surface area contributed by atoms with E-state index in [0.717, 1.165) is 0 Å². The number of para-hydroxylation sites is 2. The molecule has 0 fully saturated rings. The fourth-order valence-corrected chi connectivity index (χ4v) is 2.16. The third kappa shape index (κ3) is 4.07. The van der Waals surface area contributed by atoms with E-state index < -0.39 is 5.41 Å². The molecule has 2 aromatic carbocycles. The zero-order valence-electron chi connectivity index (χ0n) is 13.1. The maximum atomic E-state index is 12.6. The van der Waals surface area contributed by atoms with Crippen LogP contribution in [0.5, 0.6) is 0 Å². The summed E-state index contributed by atoms with van der Waals surface area (Å²) in [7, 11) is 0. The highest BCUT2D eigenvalue weighted by Crippen LogP contribution is 2.26. The predicted molar refractivity (Wildman–Crippen MR) is 93.1 cm³/mol. The van der Waals surface area contributed by atoms with Gasteiger partial charge in [-0.15, -0.1) is 6.58 Å². The maximum absolute atomic E-state index is 12.6. The van der Waals surface area contributed by atoms with E-state index in [-0.39, 0.29) is 18.2 Å². The molecule has 0 radical (unpaired) electrons. The molecule has 0 heterocycles. The second-order valence-electron chi connectivity index (χ2n) is 5.47. The van der Waals surface area contributed by atoms with E-state index in [9.17, 15) is 9.59 Å². The van der Waals surface area contributed by atoms with Gasteiger partial charge in [0.1, 0.15) is 5.41 Å². The highest BCUT2D eigenvalue weighted by Gasteiger charge is 2.40. The van der Waals surface area contributed by atoms with Gasteiger partial charge in [0.05, 0.1) is 0 Å². The minimum atomic E-state index is -1.24. The van der Waals surface area contributed by atoms with Crippen LogP contribution in [0.1, 0.15) is 13.3 Å². The first kappa shape index (κ1) is 16.5. The Hall–Kier alpha value is -2.88. The number of nitrogens with one attached hydrogen (secondary N) is 2. The van der Waals surface area contributed by atoms with Gasteiger partial charge < -0.3 is 10.6 Å². The van der Waals surface area contributed by atoms with E-state index in [0.29, 0.717) is 11.4 Å². The normalized spacial score (nSPS) is 10.7. The van der Waals surface area contributed by atoms with Crippen molar-refractivity contribution in [2.24, 2.45) is 5.41 Å². The largest absolute Gasteiger partial charge is 0.325 e. The Morgan fingerprint density at radius 3 is 1.65 bits per heavy atom. The minimum absolute atomic E-state index is 0.240. The molecule has 0 saturated heterocycles. The summed E-state index contributed by atoms with van der Waals surface area (Å²) in [6.45, 7) is 5.28. The zero-order chi connectivity index (χ0) is 16.7. The summed E-state index contributed by atoms with van der Waals surface area (Å²) in [5, 5.41) is 5.57. The number of hydrogen-bond donors (Lipinski definition) is 2. The van der Waals surface area contributed by atoms with Crippen molar-refractivity contribution in [2.45, 2.75) is 13.3 Å². The van der Waals surface area contributed by atoms with Crippen LogP contribution in [0.25, 0.3) is 0 Å². The Kier molecular flexibility index (Phi) is 5.31. The van der Waals surface area contributed by atoms with Crippen LogP contribution in [0, 0.1) is 5.41 Å². The summed E-state index contributed by atoms with van der Waals surface area (Å²) in [5.41, 5.74) is 0.0635. The molecule has 0 aliphatic carbocycles. The van der Waals surface area contributed by atoms with Crippen LogP contribution in [-0.4, -0.2) is 11.8 Å². The lowest BCUT2D eigenvalue weighted by atomic mass is 9.84. The average Bonchev–Trinajstić information content (AvgIpc) is 2.56. The lowest BCUT2D eigenvalue weighted by Crippen LogP contribution is -2.43. The summed E-state index contributed by atoms with van der Waals surface area (Å²) in [4.78, 5) is 25.3. The van der Waals surface area contributed by atoms with E-state index in [2.05, 4.69) is 17.2 Å². The SMILES string of the molecule is C=CCC(C)(C(=O)Nc1ccccc1)C(=O)Nc1ccccc1. The van der Waals surface area contributed by atoms with Crippen LogP contribution in [0.2, 0.25) is 0 Å².